The molecule has 2 heterocycles. The molecule has 1 N–H and O–H groups in total. The van der Waals surface area contributed by atoms with Crippen molar-refractivity contribution in [1.82, 2.24) is 30.5 Å². The van der Waals surface area contributed by atoms with Crippen LogP contribution in [0.1, 0.15) is 10.5 Å². The molecule has 0 radical (unpaired) electrons. The first kappa shape index (κ1) is 10.0. The third kappa shape index (κ3) is 1.94. The average Bonchev–Trinajstić information content (AvgIpc) is 2.96. The smallest absolute Gasteiger partial charge is 0.364 e. The van der Waals surface area contributed by atoms with Gasteiger partial charge in [0.1, 0.15) is 13.0 Å². The van der Waals surface area contributed by atoms with E-state index in [0.717, 1.165) is 0 Å². The number of ether oxygens (including phenoxy) is 1. The number of nitrogens with one attached hydrogen (secondary N) is 1. The number of nitrogens with zero attached hydrogens (tertiary/aromatic N) is 6. The van der Waals surface area contributed by atoms with Crippen molar-refractivity contribution in [2.45, 2.75) is 6.67 Å². The maximum atomic E-state index is 11.2. The Morgan fingerprint density at radius 1 is 1.62 bits per heavy atom. The summed E-state index contributed by atoms with van der Waals surface area (Å²) in [6, 6.07) is 0. The van der Waals surface area contributed by atoms with E-state index in [1.807, 2.05) is 0 Å². The standard InChI is InChI=1S/C6H7N7O3/c1-15-6(14)4-5(10-16-9-4)7-2-13-3-8-11-12-13/h3H,2H2,1H3,(H,7,10). The quantitative estimate of drug-likeness (QED) is 0.647. The number of hydrogen-bond acceptors (Lipinski definition) is 9. The molecule has 2 rings (SSSR count). The van der Waals surface area contributed by atoms with E-state index < -0.39 is 5.97 Å². The van der Waals surface area contributed by atoms with E-state index in [2.05, 4.69) is 40.5 Å². The number of aromatic nitrogens is 6. The molecule has 0 spiro atoms. The molecule has 10 heteroatoms. The zero-order valence-corrected chi connectivity index (χ0v) is 8.19. The van der Waals surface area contributed by atoms with E-state index in [0.29, 0.717) is 0 Å². The van der Waals surface area contributed by atoms with Crippen LogP contribution in [0.2, 0.25) is 0 Å². The van der Waals surface area contributed by atoms with E-state index >= 15 is 0 Å². The lowest BCUT2D eigenvalue weighted by Gasteiger charge is -2.01. The van der Waals surface area contributed by atoms with Crippen molar-refractivity contribution in [1.29, 1.82) is 0 Å². The second kappa shape index (κ2) is 4.33. The van der Waals surface area contributed by atoms with Gasteiger partial charge < -0.3 is 10.1 Å². The van der Waals surface area contributed by atoms with E-state index in [1.165, 1.54) is 18.1 Å². The third-order valence-electron chi connectivity index (χ3n) is 1.67. The van der Waals surface area contributed by atoms with Crippen LogP contribution in [-0.2, 0) is 11.4 Å². The number of tetrazole rings is 1. The van der Waals surface area contributed by atoms with Crippen LogP contribution in [0.25, 0.3) is 0 Å². The average molecular weight is 225 g/mol. The van der Waals surface area contributed by atoms with Crippen LogP contribution >= 0.6 is 0 Å². The molecule has 0 saturated carbocycles. The summed E-state index contributed by atoms with van der Waals surface area (Å²) >= 11 is 0. The molecular weight excluding hydrogens is 218 g/mol. The molecule has 0 aliphatic carbocycles. The van der Waals surface area contributed by atoms with Crippen molar-refractivity contribution in [2.24, 2.45) is 0 Å². The van der Waals surface area contributed by atoms with Gasteiger partial charge in [-0.1, -0.05) is 0 Å². The van der Waals surface area contributed by atoms with Crippen LogP contribution in [0.3, 0.4) is 0 Å². The number of carbonyl (C=O) groups is 1. The van der Waals surface area contributed by atoms with Gasteiger partial charge in [-0.05, 0) is 20.7 Å². The van der Waals surface area contributed by atoms with E-state index in [1.54, 1.807) is 0 Å². The summed E-state index contributed by atoms with van der Waals surface area (Å²) in [7, 11) is 1.24. The van der Waals surface area contributed by atoms with Gasteiger partial charge in [0.2, 0.25) is 11.5 Å². The van der Waals surface area contributed by atoms with Gasteiger partial charge in [0.05, 0.1) is 7.11 Å². The van der Waals surface area contributed by atoms with Crippen LogP contribution in [0.5, 0.6) is 0 Å². The first-order chi connectivity index (χ1) is 7.81. The Labute approximate surface area is 88.5 Å². The minimum absolute atomic E-state index is 0.0319. The fourth-order valence-electron chi connectivity index (χ4n) is 0.944. The maximum absolute atomic E-state index is 11.2. The minimum atomic E-state index is -0.638. The second-order valence-corrected chi connectivity index (χ2v) is 2.64. The molecule has 2 aromatic heterocycles. The molecule has 84 valence electrons. The Morgan fingerprint density at radius 3 is 3.19 bits per heavy atom. The van der Waals surface area contributed by atoms with Crippen molar-refractivity contribution >= 4 is 11.8 Å². The molecule has 0 atom stereocenters. The fraction of sp³-hybridized carbons (Fsp3) is 0.333. The Bertz CT molecular complexity index is 464. The number of anilines is 1. The first-order valence-corrected chi connectivity index (χ1v) is 4.17. The Hall–Kier alpha value is -2.52. The highest BCUT2D eigenvalue weighted by Crippen LogP contribution is 2.10. The first-order valence-electron chi connectivity index (χ1n) is 4.17. The van der Waals surface area contributed by atoms with Crippen molar-refractivity contribution < 1.29 is 14.2 Å². The van der Waals surface area contributed by atoms with E-state index in [4.69, 9.17) is 0 Å². The molecule has 0 fully saturated rings. The van der Waals surface area contributed by atoms with Crippen LogP contribution in [0, 0.1) is 0 Å². The molecule has 0 unspecified atom stereocenters. The molecule has 2 aromatic rings. The molecule has 10 nitrogen and oxygen atoms in total. The zero-order valence-electron chi connectivity index (χ0n) is 8.19. The summed E-state index contributed by atoms with van der Waals surface area (Å²) in [5, 5.41) is 20.2. The number of esters is 1. The zero-order chi connectivity index (χ0) is 11.4. The Balaban J connectivity index is 2.04. The van der Waals surface area contributed by atoms with Crippen LogP contribution in [-0.4, -0.2) is 43.6 Å². The summed E-state index contributed by atoms with van der Waals surface area (Å²) < 4.78 is 10.3. The molecule has 0 aliphatic heterocycles. The predicted molar refractivity (Wildman–Crippen MR) is 47.1 cm³/mol. The number of hydrogen-bond donors (Lipinski definition) is 1. The van der Waals surface area contributed by atoms with Crippen molar-refractivity contribution in [2.75, 3.05) is 12.4 Å². The lowest BCUT2D eigenvalue weighted by Crippen LogP contribution is -2.12. The SMILES string of the molecule is COC(=O)c1nonc1NCn1cnnn1. The van der Waals surface area contributed by atoms with Gasteiger partial charge in [0, 0.05) is 0 Å². The van der Waals surface area contributed by atoms with Gasteiger partial charge in [-0.2, -0.15) is 0 Å². The summed E-state index contributed by atoms with van der Waals surface area (Å²) in [6.07, 6.45) is 1.40. The topological polar surface area (TPSA) is 121 Å². The van der Waals surface area contributed by atoms with Gasteiger partial charge in [0.25, 0.3) is 0 Å². The number of carbonyl (C=O) groups excluding carboxylic acids is 1. The normalized spacial score (nSPS) is 10.1. The van der Waals surface area contributed by atoms with E-state index in [-0.39, 0.29) is 18.2 Å². The molecule has 16 heavy (non-hydrogen) atoms. The van der Waals surface area contributed by atoms with E-state index in [9.17, 15) is 4.79 Å². The lowest BCUT2D eigenvalue weighted by atomic mass is 10.4. The minimum Gasteiger partial charge on any atom is -0.464 e. The Kier molecular flexibility index (Phi) is 2.71. The highest BCUT2D eigenvalue weighted by Gasteiger charge is 2.18. The third-order valence-corrected chi connectivity index (χ3v) is 1.67. The van der Waals surface area contributed by atoms with Crippen molar-refractivity contribution in [3.05, 3.63) is 12.0 Å². The van der Waals surface area contributed by atoms with Crippen molar-refractivity contribution in [3.8, 4) is 0 Å². The number of methoxy groups -OCH3 is 1. The molecule has 0 saturated heterocycles. The van der Waals surface area contributed by atoms with Gasteiger partial charge in [-0.3, -0.25) is 0 Å². The maximum Gasteiger partial charge on any atom is 0.364 e. The molecule has 0 aromatic carbocycles. The van der Waals surface area contributed by atoms with Gasteiger partial charge in [0.15, 0.2) is 0 Å². The van der Waals surface area contributed by atoms with Gasteiger partial charge in [-0.15, -0.1) is 5.10 Å². The molecular formula is C6H7N7O3. The molecule has 0 aliphatic rings. The summed E-state index contributed by atoms with van der Waals surface area (Å²) in [5.74, 6) is -0.470. The summed E-state index contributed by atoms with van der Waals surface area (Å²) in [4.78, 5) is 11.2. The highest BCUT2D eigenvalue weighted by atomic mass is 16.6. The van der Waals surface area contributed by atoms with Gasteiger partial charge >= 0.3 is 5.97 Å². The summed E-state index contributed by atoms with van der Waals surface area (Å²) in [6.45, 7) is 0.227. The van der Waals surface area contributed by atoms with Crippen LogP contribution < -0.4 is 5.32 Å². The number of rotatable bonds is 4. The van der Waals surface area contributed by atoms with Crippen molar-refractivity contribution in [3.63, 3.8) is 0 Å². The largest absolute Gasteiger partial charge is 0.464 e. The molecule has 0 bridgehead atoms. The highest BCUT2D eigenvalue weighted by molar-refractivity contribution is 5.91. The van der Waals surface area contributed by atoms with Crippen LogP contribution in [0.4, 0.5) is 5.82 Å². The van der Waals surface area contributed by atoms with Crippen LogP contribution in [0.15, 0.2) is 11.0 Å². The second-order valence-electron chi connectivity index (χ2n) is 2.64. The monoisotopic (exact) mass is 225 g/mol. The summed E-state index contributed by atoms with van der Waals surface area (Å²) in [5.41, 5.74) is -0.0319. The lowest BCUT2D eigenvalue weighted by molar-refractivity contribution is 0.0589. The Morgan fingerprint density at radius 2 is 2.50 bits per heavy atom. The predicted octanol–water partition coefficient (Wildman–Crippen LogP) is -1.09. The fourth-order valence-corrected chi connectivity index (χ4v) is 0.944. The molecule has 0 amide bonds. The van der Waals surface area contributed by atoms with Gasteiger partial charge in [-0.25, -0.2) is 14.1 Å².